The minimum Gasteiger partial charge on any atom is -0.382 e. The Morgan fingerprint density at radius 3 is 2.79 bits per heavy atom. The van der Waals surface area contributed by atoms with Gasteiger partial charge in [0.1, 0.15) is 11.5 Å². The molecule has 5 nitrogen and oxygen atoms in total. The number of nitrogens with two attached hydrogens (primary N) is 2. The average Bonchev–Trinajstić information content (AvgIpc) is 2.89. The quantitative estimate of drug-likeness (QED) is 0.859. The molecule has 3 fully saturated rings. The van der Waals surface area contributed by atoms with Crippen molar-refractivity contribution in [2.24, 2.45) is 17.1 Å². The van der Waals surface area contributed by atoms with Crippen LogP contribution in [-0.4, -0.2) is 28.6 Å². The highest BCUT2D eigenvalue weighted by atomic mass is 35.5. The highest BCUT2D eigenvalue weighted by molar-refractivity contribution is 6.43. The van der Waals surface area contributed by atoms with Gasteiger partial charge in [-0.1, -0.05) is 35.3 Å². The number of nitrogen functional groups attached to an aromatic ring is 1. The lowest BCUT2D eigenvalue weighted by atomic mass is 9.78. The number of rotatable bonds is 2. The van der Waals surface area contributed by atoms with E-state index >= 15 is 0 Å². The van der Waals surface area contributed by atoms with Crippen molar-refractivity contribution in [1.82, 2.24) is 9.97 Å². The number of aromatic nitrogens is 2. The van der Waals surface area contributed by atoms with Crippen LogP contribution in [0.4, 0.5) is 11.6 Å². The maximum atomic E-state index is 6.28. The third-order valence-corrected chi connectivity index (χ3v) is 6.94. The van der Waals surface area contributed by atoms with Crippen molar-refractivity contribution in [3.8, 4) is 11.3 Å². The summed E-state index contributed by atoms with van der Waals surface area (Å²) in [5, 5.41) is 0.920. The van der Waals surface area contributed by atoms with Gasteiger partial charge in [-0.3, -0.25) is 0 Å². The van der Waals surface area contributed by atoms with E-state index < -0.39 is 0 Å². The van der Waals surface area contributed by atoms with Crippen molar-refractivity contribution in [2.75, 3.05) is 17.2 Å². The number of halogens is 2. The first-order chi connectivity index (χ1) is 11.5. The molecule has 1 spiro atoms. The number of benzene rings is 1. The summed E-state index contributed by atoms with van der Waals surface area (Å²) < 4.78 is 0. The second-order valence-electron chi connectivity index (χ2n) is 7.01. The van der Waals surface area contributed by atoms with Crippen molar-refractivity contribution in [3.63, 3.8) is 0 Å². The van der Waals surface area contributed by atoms with E-state index in [1.165, 1.54) is 0 Å². The Hall–Kier alpha value is -1.56. The SMILES string of the molecule is Nc1nc(N2CC[C@@]34C(C[C@H]3N)C24)cnc1-c1cccc(Cl)c1Cl. The van der Waals surface area contributed by atoms with Crippen LogP contribution in [-0.2, 0) is 0 Å². The van der Waals surface area contributed by atoms with Crippen LogP contribution < -0.4 is 16.4 Å². The third kappa shape index (κ3) is 1.70. The van der Waals surface area contributed by atoms with Crippen LogP contribution in [0.15, 0.2) is 24.4 Å². The Morgan fingerprint density at radius 2 is 2.12 bits per heavy atom. The highest BCUT2D eigenvalue weighted by Crippen LogP contribution is 2.73. The van der Waals surface area contributed by atoms with Gasteiger partial charge in [-0.15, -0.1) is 0 Å². The number of hydrogen-bond donors (Lipinski definition) is 2. The second kappa shape index (κ2) is 4.75. The highest BCUT2D eigenvalue weighted by Gasteiger charge is 2.79. The number of nitrogens with zero attached hydrogens (tertiary/aromatic N) is 3. The summed E-state index contributed by atoms with van der Waals surface area (Å²) in [7, 11) is 0. The molecule has 1 saturated heterocycles. The zero-order chi connectivity index (χ0) is 16.6. The van der Waals surface area contributed by atoms with Crippen LogP contribution in [0.25, 0.3) is 11.3 Å². The molecule has 0 bridgehead atoms. The van der Waals surface area contributed by atoms with Crippen molar-refractivity contribution in [2.45, 2.75) is 24.9 Å². The maximum Gasteiger partial charge on any atom is 0.152 e. The van der Waals surface area contributed by atoms with Gasteiger partial charge in [0.25, 0.3) is 0 Å². The van der Waals surface area contributed by atoms with Crippen molar-refractivity contribution >= 4 is 34.8 Å². The van der Waals surface area contributed by atoms with Crippen LogP contribution in [0.5, 0.6) is 0 Å². The van der Waals surface area contributed by atoms with Crippen molar-refractivity contribution < 1.29 is 0 Å². The lowest BCUT2D eigenvalue weighted by Gasteiger charge is -2.31. The monoisotopic (exact) mass is 361 g/mol. The number of piperidine rings is 1. The Labute approximate surface area is 150 Å². The fourth-order valence-corrected chi connectivity index (χ4v) is 5.25. The molecule has 2 heterocycles. The molecule has 7 heteroatoms. The number of anilines is 2. The first-order valence-corrected chi connectivity index (χ1v) is 8.89. The fraction of sp³-hybridized carbons (Fsp3) is 0.412. The number of hydrogen-bond acceptors (Lipinski definition) is 5. The molecule has 0 radical (unpaired) electrons. The predicted molar refractivity (Wildman–Crippen MR) is 96.2 cm³/mol. The van der Waals surface area contributed by atoms with Gasteiger partial charge in [-0.25, -0.2) is 9.97 Å². The van der Waals surface area contributed by atoms with E-state index in [9.17, 15) is 0 Å². The summed E-state index contributed by atoms with van der Waals surface area (Å²) in [4.78, 5) is 11.5. The van der Waals surface area contributed by atoms with Crippen LogP contribution in [0.2, 0.25) is 10.0 Å². The minimum atomic E-state index is 0.339. The third-order valence-electron chi connectivity index (χ3n) is 6.12. The van der Waals surface area contributed by atoms with Gasteiger partial charge < -0.3 is 16.4 Å². The van der Waals surface area contributed by atoms with Crippen LogP contribution in [0, 0.1) is 11.3 Å². The Kier molecular flexibility index (Phi) is 2.92. The van der Waals surface area contributed by atoms with Gasteiger partial charge in [0.05, 0.1) is 16.2 Å². The maximum absolute atomic E-state index is 6.28. The second-order valence-corrected chi connectivity index (χ2v) is 7.80. The molecule has 124 valence electrons. The van der Waals surface area contributed by atoms with E-state index in [2.05, 4.69) is 14.9 Å². The van der Waals surface area contributed by atoms with Gasteiger partial charge in [0.15, 0.2) is 5.82 Å². The molecule has 4 atom stereocenters. The van der Waals surface area contributed by atoms with Gasteiger partial charge in [0, 0.05) is 29.6 Å². The topological polar surface area (TPSA) is 81.1 Å². The molecule has 1 aromatic heterocycles. The summed E-state index contributed by atoms with van der Waals surface area (Å²) in [5.74, 6) is 1.93. The minimum absolute atomic E-state index is 0.339. The Bertz CT molecular complexity index is 857. The normalized spacial score (nSPS) is 33.0. The fourth-order valence-electron chi connectivity index (χ4n) is 4.86. The largest absolute Gasteiger partial charge is 0.382 e. The Morgan fingerprint density at radius 1 is 1.29 bits per heavy atom. The van der Waals surface area contributed by atoms with Gasteiger partial charge in [-0.2, -0.15) is 0 Å². The standard InChI is InChI=1S/C17H17Cl2N5/c18-10-3-1-2-8(13(10)19)14-16(21)23-12(7-22-14)24-5-4-17-9(15(17)24)6-11(17)20/h1-3,7,9,11,15H,4-6,20H2,(H2,21,23)/t9?,11-,15?,17-/m1/s1. The van der Waals surface area contributed by atoms with E-state index in [1.807, 2.05) is 12.1 Å². The average molecular weight is 362 g/mol. The molecule has 2 aromatic rings. The van der Waals surface area contributed by atoms with Crippen LogP contribution in [0.1, 0.15) is 12.8 Å². The van der Waals surface area contributed by atoms with E-state index in [0.29, 0.717) is 44.6 Å². The van der Waals surface area contributed by atoms with Crippen LogP contribution >= 0.6 is 23.2 Å². The van der Waals surface area contributed by atoms with Gasteiger partial charge >= 0.3 is 0 Å². The molecular formula is C17H17Cl2N5. The first-order valence-electron chi connectivity index (χ1n) is 8.13. The molecule has 3 aliphatic rings. The molecule has 24 heavy (non-hydrogen) atoms. The van der Waals surface area contributed by atoms with E-state index in [1.54, 1.807) is 12.3 Å². The van der Waals surface area contributed by atoms with Gasteiger partial charge in [0.2, 0.25) is 0 Å². The summed E-state index contributed by atoms with van der Waals surface area (Å²) in [6, 6.07) is 6.26. The molecule has 0 amide bonds. The van der Waals surface area contributed by atoms with E-state index in [0.717, 1.165) is 31.1 Å². The molecule has 1 aromatic carbocycles. The molecule has 4 N–H and O–H groups in total. The predicted octanol–water partition coefficient (Wildman–Crippen LogP) is 2.96. The molecular weight excluding hydrogens is 345 g/mol. The Balaban J connectivity index is 1.49. The zero-order valence-corrected chi connectivity index (χ0v) is 14.4. The molecule has 2 saturated carbocycles. The molecule has 1 aliphatic heterocycles. The van der Waals surface area contributed by atoms with Crippen LogP contribution in [0.3, 0.4) is 0 Å². The zero-order valence-electron chi connectivity index (χ0n) is 12.9. The lowest BCUT2D eigenvalue weighted by molar-refractivity contribution is 0.231. The van der Waals surface area contributed by atoms with Gasteiger partial charge in [-0.05, 0) is 24.8 Å². The summed E-state index contributed by atoms with van der Waals surface area (Å²) in [6.45, 7) is 0.972. The smallest absolute Gasteiger partial charge is 0.152 e. The summed E-state index contributed by atoms with van der Waals surface area (Å²) >= 11 is 12.4. The molecule has 2 aliphatic carbocycles. The number of fused-ring (bicyclic) bond motifs is 1. The first kappa shape index (κ1) is 14.8. The summed E-state index contributed by atoms with van der Waals surface area (Å²) in [5.41, 5.74) is 14.0. The van der Waals surface area contributed by atoms with E-state index in [-0.39, 0.29) is 0 Å². The van der Waals surface area contributed by atoms with Crippen molar-refractivity contribution in [3.05, 3.63) is 34.4 Å². The van der Waals surface area contributed by atoms with Crippen molar-refractivity contribution in [1.29, 1.82) is 0 Å². The summed E-state index contributed by atoms with van der Waals surface area (Å²) in [6.07, 6.45) is 4.05. The molecule has 2 unspecified atom stereocenters. The van der Waals surface area contributed by atoms with E-state index in [4.69, 9.17) is 34.7 Å². The molecule has 5 rings (SSSR count). The lowest BCUT2D eigenvalue weighted by Crippen LogP contribution is -2.41.